The number of amides is 1. The van der Waals surface area contributed by atoms with Crippen LogP contribution in [-0.2, 0) is 17.9 Å². The largest absolute Gasteiger partial charge is 0.324 e. The van der Waals surface area contributed by atoms with E-state index < -0.39 is 0 Å². The second-order valence-electron chi connectivity index (χ2n) is 8.26. The topological polar surface area (TPSA) is 44.4 Å². The summed E-state index contributed by atoms with van der Waals surface area (Å²) in [5, 5.41) is 6.52. The van der Waals surface area contributed by atoms with Gasteiger partial charge in [0.1, 0.15) is 0 Å². The Morgan fingerprint density at radius 1 is 0.871 bits per heavy atom. The van der Waals surface area contributed by atoms with Crippen molar-refractivity contribution < 1.29 is 4.79 Å². The van der Waals surface area contributed by atoms with E-state index in [-0.39, 0.29) is 11.9 Å². The van der Waals surface area contributed by atoms with Crippen LogP contribution in [0.2, 0.25) is 0 Å². The zero-order valence-electron chi connectivity index (χ0n) is 18.2. The Bertz CT molecular complexity index is 996. The number of carbonyl (C=O) groups is 1. The summed E-state index contributed by atoms with van der Waals surface area (Å²) in [4.78, 5) is 15.4. The molecule has 0 aromatic heterocycles. The number of hydrogen-bond acceptors (Lipinski definition) is 3. The molecule has 4 heteroatoms. The summed E-state index contributed by atoms with van der Waals surface area (Å²) in [5.74, 6) is -0.0274. The number of carbonyl (C=O) groups excluding carboxylic acids is 1. The van der Waals surface area contributed by atoms with Crippen molar-refractivity contribution in [2.24, 2.45) is 0 Å². The fourth-order valence-corrected chi connectivity index (χ4v) is 4.12. The number of para-hydroxylation sites is 1. The minimum absolute atomic E-state index is 0.0274. The zero-order chi connectivity index (χ0) is 21.5. The van der Waals surface area contributed by atoms with Crippen LogP contribution in [0.5, 0.6) is 0 Å². The van der Waals surface area contributed by atoms with Crippen LogP contribution >= 0.6 is 0 Å². The predicted octanol–water partition coefficient (Wildman–Crippen LogP) is 5.07. The van der Waals surface area contributed by atoms with Crippen molar-refractivity contribution in [2.75, 3.05) is 18.4 Å². The normalized spacial score (nSPS) is 15.0. The molecule has 1 fully saturated rings. The highest BCUT2D eigenvalue weighted by molar-refractivity contribution is 5.98. The van der Waals surface area contributed by atoms with Gasteiger partial charge >= 0.3 is 0 Å². The van der Waals surface area contributed by atoms with E-state index in [4.69, 9.17) is 0 Å². The summed E-state index contributed by atoms with van der Waals surface area (Å²) in [6, 6.07) is 26.3. The van der Waals surface area contributed by atoms with Crippen molar-refractivity contribution in [3.8, 4) is 11.1 Å². The van der Waals surface area contributed by atoms with Gasteiger partial charge in [0.25, 0.3) is 0 Å². The van der Waals surface area contributed by atoms with Gasteiger partial charge in [0.2, 0.25) is 5.91 Å². The summed E-state index contributed by atoms with van der Waals surface area (Å²) in [5.41, 5.74) is 5.56. The summed E-state index contributed by atoms with van der Waals surface area (Å²) in [7, 11) is 0. The van der Waals surface area contributed by atoms with Crippen LogP contribution in [0.15, 0.2) is 78.9 Å². The summed E-state index contributed by atoms with van der Waals surface area (Å²) < 4.78 is 0. The van der Waals surface area contributed by atoms with Gasteiger partial charge in [-0.1, -0.05) is 72.8 Å². The molecule has 31 heavy (non-hydrogen) atoms. The van der Waals surface area contributed by atoms with Crippen molar-refractivity contribution >= 4 is 11.6 Å². The maximum Gasteiger partial charge on any atom is 0.241 e. The molecule has 4 nitrogen and oxygen atoms in total. The van der Waals surface area contributed by atoms with E-state index >= 15 is 0 Å². The maximum absolute atomic E-state index is 12.9. The molecule has 3 aromatic rings. The smallest absolute Gasteiger partial charge is 0.241 e. The molecule has 1 amide bonds. The average Bonchev–Trinajstić information content (AvgIpc) is 3.32. The predicted molar refractivity (Wildman–Crippen MR) is 128 cm³/mol. The van der Waals surface area contributed by atoms with E-state index in [0.717, 1.165) is 23.4 Å². The Morgan fingerprint density at radius 3 is 2.29 bits per heavy atom. The highest BCUT2D eigenvalue weighted by atomic mass is 16.2. The molecule has 0 aliphatic carbocycles. The van der Waals surface area contributed by atoms with Gasteiger partial charge in [0.05, 0.1) is 6.04 Å². The Morgan fingerprint density at radius 2 is 1.52 bits per heavy atom. The van der Waals surface area contributed by atoms with Gasteiger partial charge in [-0.05, 0) is 55.6 Å². The highest BCUT2D eigenvalue weighted by Gasteiger charge is 2.17. The van der Waals surface area contributed by atoms with Gasteiger partial charge in [-0.2, -0.15) is 0 Å². The van der Waals surface area contributed by atoms with Gasteiger partial charge in [0, 0.05) is 24.3 Å². The van der Waals surface area contributed by atoms with Crippen LogP contribution in [0.25, 0.3) is 11.1 Å². The zero-order valence-corrected chi connectivity index (χ0v) is 18.2. The van der Waals surface area contributed by atoms with Crippen molar-refractivity contribution in [1.29, 1.82) is 0 Å². The molecule has 1 heterocycles. The third kappa shape index (κ3) is 5.60. The first-order valence-electron chi connectivity index (χ1n) is 11.2. The fourth-order valence-electron chi connectivity index (χ4n) is 4.12. The molecular formula is C27H31N3O. The minimum Gasteiger partial charge on any atom is -0.324 e. The molecule has 0 saturated carbocycles. The summed E-state index contributed by atoms with van der Waals surface area (Å²) in [6.07, 6.45) is 2.59. The molecule has 3 aromatic carbocycles. The van der Waals surface area contributed by atoms with Gasteiger partial charge in [-0.3, -0.25) is 9.69 Å². The molecule has 0 unspecified atom stereocenters. The Labute approximate surface area is 185 Å². The minimum atomic E-state index is -0.302. The lowest BCUT2D eigenvalue weighted by atomic mass is 10.0. The number of likely N-dealkylation sites (tertiary alicyclic amines) is 1. The second-order valence-corrected chi connectivity index (χ2v) is 8.26. The molecule has 4 rings (SSSR count). The molecule has 1 atom stereocenters. The third-order valence-electron chi connectivity index (χ3n) is 5.97. The van der Waals surface area contributed by atoms with E-state index in [1.54, 1.807) is 0 Å². The molecule has 2 N–H and O–H groups in total. The first-order chi connectivity index (χ1) is 15.2. The number of anilines is 1. The highest BCUT2D eigenvalue weighted by Crippen LogP contribution is 2.27. The lowest BCUT2D eigenvalue weighted by molar-refractivity contribution is -0.117. The number of nitrogens with zero attached hydrogens (tertiary/aromatic N) is 1. The van der Waals surface area contributed by atoms with Gasteiger partial charge in [0.15, 0.2) is 0 Å². The Kier molecular flexibility index (Phi) is 7.13. The third-order valence-corrected chi connectivity index (χ3v) is 5.97. The van der Waals surface area contributed by atoms with Crippen molar-refractivity contribution in [3.05, 3.63) is 90.0 Å². The lowest BCUT2D eigenvalue weighted by Crippen LogP contribution is -2.38. The quantitative estimate of drug-likeness (QED) is 0.542. The van der Waals surface area contributed by atoms with E-state index in [9.17, 15) is 4.79 Å². The molecule has 0 bridgehead atoms. The van der Waals surface area contributed by atoms with Crippen LogP contribution in [0.4, 0.5) is 5.69 Å². The molecular weight excluding hydrogens is 382 g/mol. The maximum atomic E-state index is 12.9. The van der Waals surface area contributed by atoms with Crippen LogP contribution in [-0.4, -0.2) is 29.9 Å². The van der Waals surface area contributed by atoms with Crippen molar-refractivity contribution in [3.63, 3.8) is 0 Å². The molecule has 0 spiro atoms. The van der Waals surface area contributed by atoms with E-state index in [1.807, 2.05) is 49.4 Å². The summed E-state index contributed by atoms with van der Waals surface area (Å²) in [6.45, 7) is 5.95. The monoisotopic (exact) mass is 413 g/mol. The standard InChI is InChI=1S/C27H31N3O/c1-21(28-19-23-13-5-6-14-24(23)20-30-17-9-10-18-30)27(31)29-26-16-8-7-15-25(26)22-11-3-2-4-12-22/h2-8,11-16,21,28H,9-10,17-20H2,1H3,(H,29,31)/t21-/m0/s1. The average molecular weight is 414 g/mol. The van der Waals surface area contributed by atoms with Crippen molar-refractivity contribution in [2.45, 2.75) is 38.9 Å². The molecule has 1 saturated heterocycles. The van der Waals surface area contributed by atoms with E-state index in [2.05, 4.69) is 51.9 Å². The molecule has 1 aliphatic heterocycles. The summed E-state index contributed by atoms with van der Waals surface area (Å²) >= 11 is 0. The second kappa shape index (κ2) is 10.4. The van der Waals surface area contributed by atoms with E-state index in [0.29, 0.717) is 6.54 Å². The SMILES string of the molecule is C[C@H](NCc1ccccc1CN1CCCC1)C(=O)Nc1ccccc1-c1ccccc1. The Balaban J connectivity index is 1.38. The first-order valence-corrected chi connectivity index (χ1v) is 11.2. The lowest BCUT2D eigenvalue weighted by Gasteiger charge is -2.20. The fraction of sp³-hybridized carbons (Fsp3) is 0.296. The van der Waals surface area contributed by atoms with Gasteiger partial charge in [-0.25, -0.2) is 0 Å². The first kappa shape index (κ1) is 21.3. The number of benzene rings is 3. The van der Waals surface area contributed by atoms with Crippen LogP contribution in [0.1, 0.15) is 30.9 Å². The van der Waals surface area contributed by atoms with Crippen LogP contribution < -0.4 is 10.6 Å². The van der Waals surface area contributed by atoms with Crippen LogP contribution in [0, 0.1) is 0 Å². The molecule has 0 radical (unpaired) electrons. The van der Waals surface area contributed by atoms with Crippen molar-refractivity contribution in [1.82, 2.24) is 10.2 Å². The number of rotatable bonds is 8. The van der Waals surface area contributed by atoms with Gasteiger partial charge in [-0.15, -0.1) is 0 Å². The van der Waals surface area contributed by atoms with Crippen LogP contribution in [0.3, 0.4) is 0 Å². The molecule has 1 aliphatic rings. The number of hydrogen-bond donors (Lipinski definition) is 2. The van der Waals surface area contributed by atoms with Gasteiger partial charge < -0.3 is 10.6 Å². The number of nitrogens with one attached hydrogen (secondary N) is 2. The Hall–Kier alpha value is -2.95. The molecule has 160 valence electrons. The van der Waals surface area contributed by atoms with E-state index in [1.165, 1.54) is 37.1 Å².